The molecule has 2 aromatic heterocycles. The summed E-state index contributed by atoms with van der Waals surface area (Å²) >= 11 is 0. The van der Waals surface area contributed by atoms with Crippen LogP contribution < -0.4 is 11.1 Å². The Morgan fingerprint density at radius 1 is 1.48 bits per heavy atom. The van der Waals surface area contributed by atoms with Crippen molar-refractivity contribution in [3.8, 4) is 0 Å². The number of carbonyl (C=O) groups is 2. The van der Waals surface area contributed by atoms with E-state index in [4.69, 9.17) is 5.73 Å². The Bertz CT molecular complexity index is 661. The van der Waals surface area contributed by atoms with Gasteiger partial charge in [0.05, 0.1) is 36.9 Å². The summed E-state index contributed by atoms with van der Waals surface area (Å²) in [5.41, 5.74) is 7.64. The molecule has 2 heterocycles. The van der Waals surface area contributed by atoms with Gasteiger partial charge in [0, 0.05) is 11.8 Å². The number of nitrogens with zero attached hydrogens (tertiary/aromatic N) is 3. The Labute approximate surface area is 120 Å². The van der Waals surface area contributed by atoms with E-state index in [-0.39, 0.29) is 12.5 Å². The fraction of sp³-hybridized carbons (Fsp3) is 0.231. The number of nitrogen functional groups attached to an aromatic ring is 1. The summed E-state index contributed by atoms with van der Waals surface area (Å²) in [5, 5.41) is 6.53. The molecule has 2 aromatic rings. The highest BCUT2D eigenvalue weighted by molar-refractivity contribution is 5.95. The van der Waals surface area contributed by atoms with Gasteiger partial charge in [-0.15, -0.1) is 0 Å². The highest BCUT2D eigenvalue weighted by Gasteiger charge is 2.12. The summed E-state index contributed by atoms with van der Waals surface area (Å²) in [7, 11) is 1.27. The van der Waals surface area contributed by atoms with Crippen LogP contribution in [-0.4, -0.2) is 33.9 Å². The van der Waals surface area contributed by atoms with Crippen molar-refractivity contribution in [1.29, 1.82) is 0 Å². The average Bonchev–Trinajstić information content (AvgIpc) is 2.83. The number of aromatic nitrogens is 3. The third kappa shape index (κ3) is 3.35. The summed E-state index contributed by atoms with van der Waals surface area (Å²) in [5.74, 6) is -0.323. The minimum Gasteiger partial charge on any atom is -0.453 e. The van der Waals surface area contributed by atoms with Crippen LogP contribution >= 0.6 is 0 Å². The molecule has 3 N–H and O–H groups in total. The fourth-order valence-corrected chi connectivity index (χ4v) is 1.65. The monoisotopic (exact) mass is 289 g/mol. The lowest BCUT2D eigenvalue weighted by molar-refractivity contribution is 0.0944. The first kappa shape index (κ1) is 14.5. The van der Waals surface area contributed by atoms with Gasteiger partial charge < -0.3 is 15.8 Å². The lowest BCUT2D eigenvalue weighted by atomic mass is 10.2. The number of amides is 1. The van der Waals surface area contributed by atoms with Crippen molar-refractivity contribution in [2.45, 2.75) is 13.5 Å². The smallest absolute Gasteiger partial charge is 0.407 e. The Morgan fingerprint density at radius 2 is 2.24 bits per heavy atom. The first-order chi connectivity index (χ1) is 10.0. The van der Waals surface area contributed by atoms with Crippen LogP contribution in [0.4, 0.5) is 10.5 Å². The molecule has 110 valence electrons. The van der Waals surface area contributed by atoms with Gasteiger partial charge in [-0.2, -0.15) is 5.10 Å². The topological polar surface area (TPSA) is 112 Å². The molecule has 2 rings (SSSR count). The number of hydrogen-bond donors (Lipinski definition) is 2. The van der Waals surface area contributed by atoms with Crippen molar-refractivity contribution >= 4 is 17.7 Å². The third-order valence-electron chi connectivity index (χ3n) is 2.81. The van der Waals surface area contributed by atoms with E-state index >= 15 is 0 Å². The first-order valence-electron chi connectivity index (χ1n) is 6.14. The van der Waals surface area contributed by atoms with E-state index < -0.39 is 6.09 Å². The number of rotatable bonds is 3. The Kier molecular flexibility index (Phi) is 4.17. The maximum Gasteiger partial charge on any atom is 0.407 e. The number of nitrogens with two attached hydrogens (primary N) is 1. The van der Waals surface area contributed by atoms with Crippen LogP contribution in [0.1, 0.15) is 21.7 Å². The van der Waals surface area contributed by atoms with Crippen LogP contribution in [0.15, 0.2) is 24.5 Å². The fourth-order valence-electron chi connectivity index (χ4n) is 1.65. The summed E-state index contributed by atoms with van der Waals surface area (Å²) in [6.45, 7) is 1.88. The summed E-state index contributed by atoms with van der Waals surface area (Å²) < 4.78 is 5.64. The average molecular weight is 289 g/mol. The second-order valence-corrected chi connectivity index (χ2v) is 4.30. The van der Waals surface area contributed by atoms with Crippen molar-refractivity contribution < 1.29 is 14.3 Å². The quantitative estimate of drug-likeness (QED) is 0.860. The number of alkyl carbamates (subject to hydrolysis) is 1. The normalized spacial score (nSPS) is 10.2. The second kappa shape index (κ2) is 6.04. The second-order valence-electron chi connectivity index (χ2n) is 4.30. The third-order valence-corrected chi connectivity index (χ3v) is 2.81. The highest BCUT2D eigenvalue weighted by Crippen LogP contribution is 2.10. The molecule has 1 amide bonds. The Balaban J connectivity index is 2.16. The minimum absolute atomic E-state index is 0.161. The van der Waals surface area contributed by atoms with Crippen LogP contribution in [0.5, 0.6) is 0 Å². The van der Waals surface area contributed by atoms with Gasteiger partial charge in [0.1, 0.15) is 0 Å². The Morgan fingerprint density at radius 3 is 2.86 bits per heavy atom. The van der Waals surface area contributed by atoms with E-state index in [9.17, 15) is 9.59 Å². The maximum atomic E-state index is 12.3. The summed E-state index contributed by atoms with van der Waals surface area (Å²) in [6, 6.07) is 3.14. The predicted molar refractivity (Wildman–Crippen MR) is 74.6 cm³/mol. The zero-order valence-corrected chi connectivity index (χ0v) is 11.7. The van der Waals surface area contributed by atoms with Gasteiger partial charge in [0.25, 0.3) is 5.91 Å². The standard InChI is InChI=1S/C13H15N5O3/c1-8-11(14)7-18(17-8)12(19)9-3-4-15-10(5-9)6-16-13(20)21-2/h3-5,7H,6,14H2,1-2H3,(H,16,20). The van der Waals surface area contributed by atoms with Crippen LogP contribution in [0.3, 0.4) is 0 Å². The molecule has 8 heteroatoms. The zero-order chi connectivity index (χ0) is 15.4. The van der Waals surface area contributed by atoms with Crippen molar-refractivity contribution in [1.82, 2.24) is 20.1 Å². The highest BCUT2D eigenvalue weighted by atomic mass is 16.5. The number of anilines is 1. The van der Waals surface area contributed by atoms with Gasteiger partial charge in [-0.25, -0.2) is 9.48 Å². The zero-order valence-electron chi connectivity index (χ0n) is 11.7. The number of carbonyl (C=O) groups excluding carboxylic acids is 2. The van der Waals surface area contributed by atoms with Gasteiger partial charge >= 0.3 is 6.09 Å². The Hall–Kier alpha value is -2.90. The lowest BCUT2D eigenvalue weighted by Crippen LogP contribution is -2.23. The van der Waals surface area contributed by atoms with Gasteiger partial charge in [0.2, 0.25) is 0 Å². The van der Waals surface area contributed by atoms with Gasteiger partial charge in [-0.1, -0.05) is 0 Å². The van der Waals surface area contributed by atoms with Crippen molar-refractivity contribution in [2.24, 2.45) is 0 Å². The van der Waals surface area contributed by atoms with E-state index in [1.807, 2.05) is 0 Å². The molecule has 0 fully saturated rings. The summed E-state index contributed by atoms with van der Waals surface area (Å²) in [6.07, 6.45) is 2.38. The molecule has 0 aliphatic rings. The molecule has 0 unspecified atom stereocenters. The molecule has 0 bridgehead atoms. The number of nitrogens with one attached hydrogen (secondary N) is 1. The first-order valence-corrected chi connectivity index (χ1v) is 6.14. The molecule has 8 nitrogen and oxygen atoms in total. The summed E-state index contributed by atoms with van der Waals surface area (Å²) in [4.78, 5) is 27.3. The molecular formula is C13H15N5O3. The molecule has 0 aliphatic heterocycles. The molecule has 0 atom stereocenters. The van der Waals surface area contributed by atoms with Gasteiger partial charge in [-0.05, 0) is 19.1 Å². The number of methoxy groups -OCH3 is 1. The van der Waals surface area contributed by atoms with Crippen molar-refractivity contribution in [2.75, 3.05) is 12.8 Å². The molecule has 0 saturated heterocycles. The number of pyridine rings is 1. The molecule has 0 aromatic carbocycles. The van der Waals surface area contributed by atoms with E-state index in [0.29, 0.717) is 22.6 Å². The van der Waals surface area contributed by atoms with E-state index in [1.165, 1.54) is 24.2 Å². The van der Waals surface area contributed by atoms with E-state index in [1.54, 1.807) is 19.1 Å². The van der Waals surface area contributed by atoms with Crippen LogP contribution in [0, 0.1) is 6.92 Å². The maximum absolute atomic E-state index is 12.3. The SMILES string of the molecule is COC(=O)NCc1cc(C(=O)n2cc(N)c(C)n2)ccn1. The van der Waals surface area contributed by atoms with E-state index in [2.05, 4.69) is 20.1 Å². The molecule has 0 aliphatic carbocycles. The molecule has 21 heavy (non-hydrogen) atoms. The van der Waals surface area contributed by atoms with Crippen molar-refractivity contribution in [3.63, 3.8) is 0 Å². The largest absolute Gasteiger partial charge is 0.453 e. The van der Waals surface area contributed by atoms with Crippen LogP contribution in [0.2, 0.25) is 0 Å². The molecule has 0 saturated carbocycles. The molecule has 0 spiro atoms. The van der Waals surface area contributed by atoms with Crippen LogP contribution in [-0.2, 0) is 11.3 Å². The predicted octanol–water partition coefficient (Wildman–Crippen LogP) is 0.713. The lowest BCUT2D eigenvalue weighted by Gasteiger charge is -2.05. The van der Waals surface area contributed by atoms with Crippen LogP contribution in [0.25, 0.3) is 0 Å². The molecule has 0 radical (unpaired) electrons. The minimum atomic E-state index is -0.566. The number of hydrogen-bond acceptors (Lipinski definition) is 6. The van der Waals surface area contributed by atoms with Gasteiger partial charge in [-0.3, -0.25) is 9.78 Å². The molecular weight excluding hydrogens is 274 g/mol. The van der Waals surface area contributed by atoms with E-state index in [0.717, 1.165) is 0 Å². The van der Waals surface area contributed by atoms with Gasteiger partial charge in [0.15, 0.2) is 0 Å². The number of aryl methyl sites for hydroxylation is 1. The number of ether oxygens (including phenoxy) is 1. The van der Waals surface area contributed by atoms with Crippen molar-refractivity contribution in [3.05, 3.63) is 41.5 Å².